The molecule has 1 atom stereocenters. The third-order valence-electron chi connectivity index (χ3n) is 2.49. The van der Waals surface area contributed by atoms with E-state index in [0.29, 0.717) is 17.3 Å². The van der Waals surface area contributed by atoms with Crippen LogP contribution in [0.15, 0.2) is 28.8 Å². The van der Waals surface area contributed by atoms with Crippen molar-refractivity contribution >= 4 is 11.8 Å². The maximum atomic E-state index is 12.8. The number of benzene rings is 1. The summed E-state index contributed by atoms with van der Waals surface area (Å²) in [5.41, 5.74) is 6.64. The molecule has 1 heterocycles. The Labute approximate surface area is 109 Å². The van der Waals surface area contributed by atoms with E-state index in [9.17, 15) is 4.39 Å². The van der Waals surface area contributed by atoms with Crippen molar-refractivity contribution in [2.75, 3.05) is 12.0 Å². The second kappa shape index (κ2) is 5.97. The number of nitrogens with zero attached hydrogens (tertiary/aromatic N) is 2. The zero-order chi connectivity index (χ0) is 13.0. The van der Waals surface area contributed by atoms with Gasteiger partial charge in [0.1, 0.15) is 5.82 Å². The maximum Gasteiger partial charge on any atom is 0.243 e. The Balaban J connectivity index is 2.12. The van der Waals surface area contributed by atoms with Crippen molar-refractivity contribution < 1.29 is 8.91 Å². The van der Waals surface area contributed by atoms with Gasteiger partial charge in [-0.05, 0) is 42.7 Å². The molecule has 2 rings (SSSR count). The monoisotopic (exact) mass is 267 g/mol. The summed E-state index contributed by atoms with van der Waals surface area (Å²) in [4.78, 5) is 4.23. The fourth-order valence-corrected chi connectivity index (χ4v) is 1.96. The zero-order valence-corrected chi connectivity index (χ0v) is 10.8. The molecule has 0 aliphatic carbocycles. The van der Waals surface area contributed by atoms with E-state index in [4.69, 9.17) is 10.3 Å². The van der Waals surface area contributed by atoms with Gasteiger partial charge in [0.25, 0.3) is 0 Å². The number of thioether (sulfide) groups is 1. The summed E-state index contributed by atoms with van der Waals surface area (Å²) in [6.45, 7) is 0. The topological polar surface area (TPSA) is 64.9 Å². The number of halogens is 1. The molecule has 96 valence electrons. The van der Waals surface area contributed by atoms with Crippen molar-refractivity contribution in [3.63, 3.8) is 0 Å². The van der Waals surface area contributed by atoms with Crippen LogP contribution in [0.3, 0.4) is 0 Å². The summed E-state index contributed by atoms with van der Waals surface area (Å²) in [6.07, 6.45) is 2.80. The van der Waals surface area contributed by atoms with Crippen molar-refractivity contribution in [2.24, 2.45) is 5.73 Å². The van der Waals surface area contributed by atoms with Gasteiger partial charge in [-0.2, -0.15) is 16.7 Å². The highest BCUT2D eigenvalue weighted by Gasteiger charge is 2.15. The van der Waals surface area contributed by atoms with Crippen molar-refractivity contribution in [2.45, 2.75) is 12.5 Å². The van der Waals surface area contributed by atoms with Crippen molar-refractivity contribution in [1.82, 2.24) is 10.1 Å². The van der Waals surface area contributed by atoms with E-state index in [1.807, 2.05) is 6.26 Å². The highest BCUT2D eigenvalue weighted by molar-refractivity contribution is 7.98. The molecule has 2 aromatic rings. The van der Waals surface area contributed by atoms with Crippen LogP contribution in [0, 0.1) is 5.82 Å². The Morgan fingerprint density at radius 1 is 1.39 bits per heavy atom. The van der Waals surface area contributed by atoms with Gasteiger partial charge in [0.05, 0.1) is 6.04 Å². The van der Waals surface area contributed by atoms with E-state index in [1.54, 1.807) is 23.9 Å². The number of hydrogen-bond acceptors (Lipinski definition) is 5. The number of hydrogen-bond donors (Lipinski definition) is 1. The smallest absolute Gasteiger partial charge is 0.243 e. The van der Waals surface area contributed by atoms with Crippen LogP contribution in [0.4, 0.5) is 4.39 Å². The molecule has 0 fully saturated rings. The molecule has 18 heavy (non-hydrogen) atoms. The summed E-state index contributed by atoms with van der Waals surface area (Å²) < 4.78 is 17.9. The Hall–Kier alpha value is -1.40. The first-order chi connectivity index (χ1) is 8.70. The molecule has 0 aliphatic rings. The average molecular weight is 267 g/mol. The highest BCUT2D eigenvalue weighted by Crippen LogP contribution is 2.20. The minimum Gasteiger partial charge on any atom is -0.337 e. The minimum atomic E-state index is -0.292. The van der Waals surface area contributed by atoms with E-state index >= 15 is 0 Å². The van der Waals surface area contributed by atoms with Crippen molar-refractivity contribution in [3.8, 4) is 11.4 Å². The van der Waals surface area contributed by atoms with Crippen LogP contribution in [0.5, 0.6) is 0 Å². The van der Waals surface area contributed by atoms with Crippen LogP contribution < -0.4 is 5.73 Å². The summed E-state index contributed by atoms with van der Waals surface area (Å²) in [5, 5.41) is 3.85. The van der Waals surface area contributed by atoms with Crippen LogP contribution in [0.1, 0.15) is 18.4 Å². The van der Waals surface area contributed by atoms with Gasteiger partial charge in [0, 0.05) is 5.56 Å². The molecule has 0 bridgehead atoms. The maximum absolute atomic E-state index is 12.8. The SMILES string of the molecule is CSCCC(N)c1nc(-c2ccc(F)cc2)no1. The largest absolute Gasteiger partial charge is 0.337 e. The fraction of sp³-hybridized carbons (Fsp3) is 0.333. The lowest BCUT2D eigenvalue weighted by molar-refractivity contribution is 0.353. The molecule has 6 heteroatoms. The first-order valence-electron chi connectivity index (χ1n) is 5.55. The van der Waals surface area contributed by atoms with E-state index in [0.717, 1.165) is 12.2 Å². The predicted molar refractivity (Wildman–Crippen MR) is 69.6 cm³/mol. The molecule has 2 N–H and O–H groups in total. The molecule has 1 aromatic heterocycles. The normalized spacial score (nSPS) is 12.6. The first kappa shape index (κ1) is 13.0. The molecular weight excluding hydrogens is 253 g/mol. The van der Waals surface area contributed by atoms with Gasteiger partial charge in [-0.25, -0.2) is 4.39 Å². The van der Waals surface area contributed by atoms with E-state index in [1.165, 1.54) is 12.1 Å². The quantitative estimate of drug-likeness (QED) is 0.902. The molecule has 0 radical (unpaired) electrons. The van der Waals surface area contributed by atoms with E-state index < -0.39 is 0 Å². The van der Waals surface area contributed by atoms with Gasteiger partial charge in [-0.3, -0.25) is 0 Å². The predicted octanol–water partition coefficient (Wildman–Crippen LogP) is 2.63. The average Bonchev–Trinajstić information content (AvgIpc) is 2.86. The van der Waals surface area contributed by atoms with Crippen LogP contribution >= 0.6 is 11.8 Å². The van der Waals surface area contributed by atoms with Crippen LogP contribution in [0.2, 0.25) is 0 Å². The van der Waals surface area contributed by atoms with Gasteiger partial charge in [0.2, 0.25) is 11.7 Å². The zero-order valence-electron chi connectivity index (χ0n) is 9.97. The third-order valence-corrected chi connectivity index (χ3v) is 3.14. The van der Waals surface area contributed by atoms with Crippen molar-refractivity contribution in [1.29, 1.82) is 0 Å². The third kappa shape index (κ3) is 3.08. The van der Waals surface area contributed by atoms with Crippen molar-refractivity contribution in [3.05, 3.63) is 36.0 Å². The van der Waals surface area contributed by atoms with Gasteiger partial charge < -0.3 is 10.3 Å². The molecule has 0 saturated carbocycles. The lowest BCUT2D eigenvalue weighted by Crippen LogP contribution is -2.11. The fourth-order valence-electron chi connectivity index (χ4n) is 1.47. The highest BCUT2D eigenvalue weighted by atomic mass is 32.2. The van der Waals surface area contributed by atoms with Crippen LogP contribution in [0.25, 0.3) is 11.4 Å². The van der Waals surface area contributed by atoms with Gasteiger partial charge in [0.15, 0.2) is 0 Å². The molecule has 1 aromatic carbocycles. The first-order valence-corrected chi connectivity index (χ1v) is 6.94. The Morgan fingerprint density at radius 2 is 2.11 bits per heavy atom. The number of nitrogens with two attached hydrogens (primary N) is 1. The summed E-state index contributed by atoms with van der Waals surface area (Å²) >= 11 is 1.72. The van der Waals surface area contributed by atoms with Gasteiger partial charge in [-0.15, -0.1) is 0 Å². The lowest BCUT2D eigenvalue weighted by Gasteiger charge is -2.03. The summed E-state index contributed by atoms with van der Waals surface area (Å²) in [5.74, 6) is 1.50. The molecule has 0 saturated heterocycles. The second-order valence-electron chi connectivity index (χ2n) is 3.85. The van der Waals surface area contributed by atoms with Gasteiger partial charge in [-0.1, -0.05) is 5.16 Å². The standard InChI is InChI=1S/C12H14FN3OS/c1-18-7-6-10(14)12-15-11(16-17-12)8-2-4-9(13)5-3-8/h2-5,10H,6-7,14H2,1H3. The van der Waals surface area contributed by atoms with E-state index in [-0.39, 0.29) is 11.9 Å². The molecule has 4 nitrogen and oxygen atoms in total. The number of aromatic nitrogens is 2. The summed E-state index contributed by atoms with van der Waals surface area (Å²) in [6, 6.07) is 5.69. The Morgan fingerprint density at radius 3 is 2.78 bits per heavy atom. The molecule has 1 unspecified atom stereocenters. The Bertz CT molecular complexity index is 500. The molecule has 0 spiro atoms. The summed E-state index contributed by atoms with van der Waals surface area (Å²) in [7, 11) is 0. The minimum absolute atomic E-state index is 0.251. The lowest BCUT2D eigenvalue weighted by atomic mass is 10.2. The molecule has 0 aliphatic heterocycles. The van der Waals surface area contributed by atoms with Crippen LogP contribution in [-0.2, 0) is 0 Å². The van der Waals surface area contributed by atoms with E-state index in [2.05, 4.69) is 10.1 Å². The Kier molecular flexibility index (Phi) is 4.33. The van der Waals surface area contributed by atoms with Gasteiger partial charge >= 0.3 is 0 Å². The van der Waals surface area contributed by atoms with Crippen LogP contribution in [-0.4, -0.2) is 22.1 Å². The molecule has 0 amide bonds. The number of rotatable bonds is 5. The molecular formula is C12H14FN3OS. The second-order valence-corrected chi connectivity index (χ2v) is 4.84.